The Morgan fingerprint density at radius 2 is 1.34 bits per heavy atom. The third-order valence-corrected chi connectivity index (χ3v) is 15.4. The van der Waals surface area contributed by atoms with Gasteiger partial charge in [0.05, 0.1) is 59.6 Å². The Morgan fingerprint density at radius 3 is 1.88 bits per heavy atom. The normalized spacial score (nSPS) is 22.3. The Labute approximate surface area is 386 Å². The molecule has 2 unspecified atom stereocenters. The van der Waals surface area contributed by atoms with Crippen molar-refractivity contribution in [2.24, 2.45) is 0 Å². The van der Waals surface area contributed by atoms with Gasteiger partial charge in [-0.05, 0) is 81.5 Å². The van der Waals surface area contributed by atoms with E-state index in [-0.39, 0.29) is 104 Å². The molecule has 1 fully saturated rings. The lowest BCUT2D eigenvalue weighted by molar-refractivity contribution is -0.438. The van der Waals surface area contributed by atoms with Crippen molar-refractivity contribution < 1.29 is 90.3 Å². The minimum atomic E-state index is -5.09. The minimum Gasteiger partial charge on any atom is -0.748 e. The number of hydrogen-bond acceptors (Lipinski definition) is 20. The summed E-state index contributed by atoms with van der Waals surface area (Å²) in [4.78, 5) is 56.5. The molecule has 2 aromatic rings. The summed E-state index contributed by atoms with van der Waals surface area (Å²) in [7, 11) is -18.2. The van der Waals surface area contributed by atoms with Crippen LogP contribution in [0.5, 0.6) is 0 Å². The number of ketones is 1. The first-order chi connectivity index (χ1) is 31.0. The summed E-state index contributed by atoms with van der Waals surface area (Å²) in [6, 6.07) is 6.87. The van der Waals surface area contributed by atoms with Crippen LogP contribution in [0.1, 0.15) is 76.3 Å². The van der Waals surface area contributed by atoms with E-state index in [1.807, 2.05) is 0 Å². The largest absolute Gasteiger partial charge is 0.748 e. The highest BCUT2D eigenvalue weighted by atomic mass is 32.2. The van der Waals surface area contributed by atoms with Crippen molar-refractivity contribution in [1.82, 2.24) is 5.06 Å². The van der Waals surface area contributed by atoms with Crippen molar-refractivity contribution in [1.29, 1.82) is 0 Å². The van der Waals surface area contributed by atoms with E-state index in [9.17, 15) is 76.2 Å². The first kappa shape index (κ1) is 51.2. The molecule has 67 heavy (non-hydrogen) atoms. The van der Waals surface area contributed by atoms with Crippen molar-refractivity contribution in [3.8, 4) is 0 Å². The summed E-state index contributed by atoms with van der Waals surface area (Å²) in [6.45, 7) is 3.07. The predicted octanol–water partition coefficient (Wildman–Crippen LogP) is 1.52. The number of benzene rings is 2. The SMILES string of the molecule is COCCN1C(=CC2=C(O)C(=CC3=[N+](CCCC(=O)ON4C(=O)CCC4=O)c4ccc(S(=O)(=O)[O-])cc4C3(C)CCCS(=O)(=O)[O-])C2=O)C(C)(CCCS(=O)(=O)[O-])c2cc(S(=O)(=O)[O-])ccc21. The van der Waals surface area contributed by atoms with Gasteiger partial charge >= 0.3 is 5.97 Å². The highest BCUT2D eigenvalue weighted by molar-refractivity contribution is 7.86. The molecule has 2 atom stereocenters. The smallest absolute Gasteiger partial charge is 0.333 e. The van der Waals surface area contributed by atoms with Crippen LogP contribution in [-0.4, -0.2) is 134 Å². The van der Waals surface area contributed by atoms with Crippen LogP contribution >= 0.6 is 0 Å². The van der Waals surface area contributed by atoms with E-state index < -0.39 is 108 Å². The number of hydroxylamine groups is 2. The van der Waals surface area contributed by atoms with E-state index in [2.05, 4.69) is 0 Å². The molecule has 6 rings (SSSR count). The molecule has 2 amide bonds. The van der Waals surface area contributed by atoms with Crippen molar-refractivity contribution in [3.63, 3.8) is 0 Å². The number of methoxy groups -OCH3 is 1. The number of carbonyl (C=O) groups excluding carboxylic acids is 4. The number of anilines is 1. The summed E-state index contributed by atoms with van der Waals surface area (Å²) in [5.41, 5.74) is -2.23. The van der Waals surface area contributed by atoms with E-state index in [0.717, 1.165) is 24.3 Å². The van der Waals surface area contributed by atoms with Gasteiger partial charge < -0.3 is 37.8 Å². The second-order valence-corrected chi connectivity index (χ2v) is 22.5. The molecule has 0 saturated carbocycles. The van der Waals surface area contributed by atoms with Crippen LogP contribution in [0.4, 0.5) is 11.4 Å². The Bertz CT molecular complexity index is 3030. The zero-order chi connectivity index (χ0) is 49.7. The lowest BCUT2D eigenvalue weighted by atomic mass is 9.73. The van der Waals surface area contributed by atoms with Gasteiger partial charge in [0.15, 0.2) is 5.71 Å². The molecule has 0 spiro atoms. The molecule has 0 radical (unpaired) electrons. The molecule has 0 bridgehead atoms. The Kier molecular flexibility index (Phi) is 14.3. The van der Waals surface area contributed by atoms with Crippen LogP contribution in [-0.2, 0) is 80.1 Å². The quantitative estimate of drug-likeness (QED) is 0.0850. The van der Waals surface area contributed by atoms with Crippen molar-refractivity contribution in [3.05, 3.63) is 82.3 Å². The monoisotopic (exact) mass is 1010 g/mol. The van der Waals surface area contributed by atoms with Gasteiger partial charge in [-0.3, -0.25) is 14.4 Å². The maximum absolute atomic E-state index is 14.3. The number of carbonyl (C=O) groups is 4. The average molecular weight is 1010 g/mol. The molecule has 1 N–H and O–H groups in total. The van der Waals surface area contributed by atoms with E-state index in [4.69, 9.17) is 9.57 Å². The Hall–Kier alpha value is -5.19. The van der Waals surface area contributed by atoms with Crippen LogP contribution < -0.4 is 4.90 Å². The molecule has 26 heteroatoms. The van der Waals surface area contributed by atoms with Gasteiger partial charge in [0.2, 0.25) is 11.5 Å². The van der Waals surface area contributed by atoms with E-state index in [1.54, 1.807) is 11.8 Å². The first-order valence-corrected chi connectivity index (χ1v) is 26.5. The van der Waals surface area contributed by atoms with Gasteiger partial charge in [-0.1, -0.05) is 0 Å². The van der Waals surface area contributed by atoms with E-state index in [1.165, 1.54) is 42.9 Å². The topological polar surface area (TPSA) is 345 Å². The average Bonchev–Trinajstić information content (AvgIpc) is 3.75. The third kappa shape index (κ3) is 10.8. The number of imide groups is 1. The van der Waals surface area contributed by atoms with E-state index in [0.29, 0.717) is 10.8 Å². The summed E-state index contributed by atoms with van der Waals surface area (Å²) in [5.74, 6) is -5.48. The summed E-state index contributed by atoms with van der Waals surface area (Å²) < 4.78 is 150. The number of allylic oxidation sites excluding steroid dienone is 5. The number of ether oxygens (including phenoxy) is 1. The van der Waals surface area contributed by atoms with Crippen LogP contribution in [0.25, 0.3) is 0 Å². The number of fused-ring (bicyclic) bond motifs is 2. The molecule has 364 valence electrons. The fraction of sp³-hybridized carbons (Fsp3) is 0.439. The van der Waals surface area contributed by atoms with Crippen LogP contribution in [0.2, 0.25) is 0 Å². The number of rotatable bonds is 20. The Balaban J connectivity index is 1.48. The zero-order valence-corrected chi connectivity index (χ0v) is 39.3. The highest BCUT2D eigenvalue weighted by Crippen LogP contribution is 2.52. The third-order valence-electron chi connectivity index (χ3n) is 12.2. The second-order valence-electron chi connectivity index (χ2n) is 16.7. The molecule has 22 nitrogen and oxygen atoms in total. The van der Waals surface area contributed by atoms with Crippen molar-refractivity contribution in [2.75, 3.05) is 43.2 Å². The molecule has 2 aromatic carbocycles. The predicted molar refractivity (Wildman–Crippen MR) is 227 cm³/mol. The second kappa shape index (κ2) is 18.7. The van der Waals surface area contributed by atoms with Gasteiger partial charge in [0, 0.05) is 78.9 Å². The van der Waals surface area contributed by atoms with E-state index >= 15 is 0 Å². The molecule has 1 aliphatic carbocycles. The number of nitrogens with zero attached hydrogens (tertiary/aromatic N) is 3. The van der Waals surface area contributed by atoms with Crippen LogP contribution in [0.15, 0.2) is 80.9 Å². The highest BCUT2D eigenvalue weighted by Gasteiger charge is 2.50. The molecule has 1 saturated heterocycles. The van der Waals surface area contributed by atoms with Crippen LogP contribution in [0, 0.1) is 0 Å². The van der Waals surface area contributed by atoms with Gasteiger partial charge in [-0.2, -0.15) is 4.58 Å². The zero-order valence-electron chi connectivity index (χ0n) is 36.1. The number of aliphatic hydroxyl groups is 1. The Morgan fingerprint density at radius 1 is 0.791 bits per heavy atom. The standard InChI is InChI=1S/C41H47N3O19S4/c1-40(14-5-19-64(50,51)52)29-21-25(66(56,57)58)8-10-31(29)42(16-4-7-37(47)63-44-35(45)12-13-36(44)46)33(40)23-27-38(48)28(39(27)49)24-34-41(2,15-6-20-65(53,54)55)30-22-26(67(59,60)61)9-11-32(30)43(34)17-18-62-3/h8-11,21-24H,4-7,12-20H2,1-3H3,(H4-,48,49,50,51,52,53,54,55,56,57,58,59,60,61)/p-3. The molecule has 4 aliphatic rings. The summed E-state index contributed by atoms with van der Waals surface area (Å²) in [6.07, 6.45) is 0.847. The maximum Gasteiger partial charge on any atom is 0.333 e. The van der Waals surface area contributed by atoms with Gasteiger partial charge in [0.1, 0.15) is 32.5 Å². The first-order valence-electron chi connectivity index (χ1n) is 20.5. The maximum atomic E-state index is 14.3. The molecule has 3 aliphatic heterocycles. The van der Waals surface area contributed by atoms with Crippen molar-refractivity contribution >= 4 is 81.1 Å². The molecule has 0 aromatic heterocycles. The molecular formula is C41H44N3O19S4-3. The number of amides is 2. The molecule has 3 heterocycles. The minimum absolute atomic E-state index is 0.0516. The van der Waals surface area contributed by atoms with Gasteiger partial charge in [-0.15, -0.1) is 5.06 Å². The number of Topliss-reactive ketones (excluding diaryl/α,β-unsaturated/α-hetero) is 1. The van der Waals surface area contributed by atoms with Crippen molar-refractivity contribution in [2.45, 2.75) is 85.8 Å². The fourth-order valence-corrected chi connectivity index (χ4v) is 10.9. The van der Waals surface area contributed by atoms with Gasteiger partial charge in [-0.25, -0.2) is 38.5 Å². The molecular weight excluding hydrogens is 967 g/mol. The van der Waals surface area contributed by atoms with Gasteiger partial charge in [0.25, 0.3) is 11.8 Å². The van der Waals surface area contributed by atoms with Crippen LogP contribution in [0.3, 0.4) is 0 Å². The summed E-state index contributed by atoms with van der Waals surface area (Å²) in [5, 5.41) is 12.1. The number of aliphatic hydroxyl groups excluding tert-OH is 1. The number of hydrogen-bond donors (Lipinski definition) is 1. The summed E-state index contributed by atoms with van der Waals surface area (Å²) >= 11 is 0. The lowest BCUT2D eigenvalue weighted by Crippen LogP contribution is -2.35. The fourth-order valence-electron chi connectivity index (χ4n) is 8.87. The lowest BCUT2D eigenvalue weighted by Gasteiger charge is -2.32.